The summed E-state index contributed by atoms with van der Waals surface area (Å²) in [5, 5.41) is 11.6. The zero-order valence-electron chi connectivity index (χ0n) is 9.23. The number of hydrogen-bond donors (Lipinski definition) is 1. The molecule has 1 heterocycles. The number of thiazole rings is 1. The lowest BCUT2D eigenvalue weighted by Gasteiger charge is -2.26. The molecule has 0 amide bonds. The molecule has 1 atom stereocenters. The topological polar surface area (TPSA) is 53.4 Å². The van der Waals surface area contributed by atoms with Gasteiger partial charge in [-0.25, -0.2) is 4.98 Å². The fraction of sp³-hybridized carbons (Fsp3) is 0.600. The first-order valence-corrected chi connectivity index (χ1v) is 5.83. The van der Waals surface area contributed by atoms with Gasteiger partial charge in [-0.2, -0.15) is 0 Å². The zero-order chi connectivity index (χ0) is 11.4. The lowest BCUT2D eigenvalue weighted by Crippen LogP contribution is -2.37. The standard InChI is InChI=1S/C10H16N2O2S/c1-4-8(3)12(5-9(13)14)10-11-7(2)6-15-10/h6,8H,4-5H2,1-3H3,(H,13,14). The molecule has 0 aromatic carbocycles. The first kappa shape index (κ1) is 12.0. The first-order chi connectivity index (χ1) is 7.04. The number of aliphatic carboxylic acids is 1. The molecule has 4 nitrogen and oxygen atoms in total. The highest BCUT2D eigenvalue weighted by molar-refractivity contribution is 7.13. The minimum Gasteiger partial charge on any atom is -0.480 e. The average Bonchev–Trinajstić information content (AvgIpc) is 2.59. The van der Waals surface area contributed by atoms with Crippen molar-refractivity contribution in [1.29, 1.82) is 0 Å². The van der Waals surface area contributed by atoms with E-state index in [9.17, 15) is 4.79 Å². The number of carboxylic acids is 1. The van der Waals surface area contributed by atoms with Crippen LogP contribution < -0.4 is 4.90 Å². The maximum absolute atomic E-state index is 10.7. The van der Waals surface area contributed by atoms with Crippen LogP contribution in [0.4, 0.5) is 5.13 Å². The second kappa shape index (κ2) is 5.11. The van der Waals surface area contributed by atoms with Crippen molar-refractivity contribution in [2.75, 3.05) is 11.4 Å². The average molecular weight is 228 g/mol. The Bertz CT molecular complexity index is 338. The van der Waals surface area contributed by atoms with Gasteiger partial charge in [0.15, 0.2) is 5.13 Å². The molecule has 0 bridgehead atoms. The van der Waals surface area contributed by atoms with E-state index in [1.165, 1.54) is 11.3 Å². The van der Waals surface area contributed by atoms with Gasteiger partial charge in [0.25, 0.3) is 0 Å². The quantitative estimate of drug-likeness (QED) is 0.839. The lowest BCUT2D eigenvalue weighted by molar-refractivity contribution is -0.135. The molecule has 0 saturated heterocycles. The van der Waals surface area contributed by atoms with Crippen LogP contribution in [0.1, 0.15) is 26.0 Å². The van der Waals surface area contributed by atoms with E-state index >= 15 is 0 Å². The molecule has 0 radical (unpaired) electrons. The van der Waals surface area contributed by atoms with Crippen molar-refractivity contribution in [3.63, 3.8) is 0 Å². The summed E-state index contributed by atoms with van der Waals surface area (Å²) in [6.45, 7) is 5.98. The van der Waals surface area contributed by atoms with E-state index in [0.717, 1.165) is 17.2 Å². The predicted molar refractivity (Wildman–Crippen MR) is 61.6 cm³/mol. The fourth-order valence-corrected chi connectivity index (χ4v) is 2.16. The number of hydrogen-bond acceptors (Lipinski definition) is 4. The van der Waals surface area contributed by atoms with Crippen LogP contribution in [0.15, 0.2) is 5.38 Å². The van der Waals surface area contributed by atoms with Gasteiger partial charge in [0.1, 0.15) is 6.54 Å². The van der Waals surface area contributed by atoms with Crippen molar-refractivity contribution in [2.24, 2.45) is 0 Å². The molecule has 1 rings (SSSR count). The fourth-order valence-electron chi connectivity index (χ4n) is 1.25. The smallest absolute Gasteiger partial charge is 0.323 e. The highest BCUT2D eigenvalue weighted by atomic mass is 32.1. The Kier molecular flexibility index (Phi) is 4.08. The largest absolute Gasteiger partial charge is 0.480 e. The Morgan fingerprint density at radius 2 is 2.40 bits per heavy atom. The maximum Gasteiger partial charge on any atom is 0.323 e. The van der Waals surface area contributed by atoms with Crippen molar-refractivity contribution in [1.82, 2.24) is 4.98 Å². The summed E-state index contributed by atoms with van der Waals surface area (Å²) < 4.78 is 0. The summed E-state index contributed by atoms with van der Waals surface area (Å²) in [5.74, 6) is -0.817. The summed E-state index contributed by atoms with van der Waals surface area (Å²) >= 11 is 1.49. The maximum atomic E-state index is 10.7. The number of carbonyl (C=O) groups is 1. The third kappa shape index (κ3) is 3.20. The third-order valence-electron chi connectivity index (χ3n) is 2.28. The highest BCUT2D eigenvalue weighted by Crippen LogP contribution is 2.22. The molecule has 0 aliphatic carbocycles. The third-order valence-corrected chi connectivity index (χ3v) is 3.28. The second-order valence-corrected chi connectivity index (χ2v) is 4.39. The number of carboxylic acid groups (broad SMARTS) is 1. The molecule has 1 unspecified atom stereocenters. The van der Waals surface area contributed by atoms with Gasteiger partial charge in [-0.3, -0.25) is 4.79 Å². The van der Waals surface area contributed by atoms with E-state index in [1.54, 1.807) is 0 Å². The molecule has 0 saturated carbocycles. The predicted octanol–water partition coefficient (Wildman–Crippen LogP) is 2.14. The summed E-state index contributed by atoms with van der Waals surface area (Å²) in [7, 11) is 0. The van der Waals surface area contributed by atoms with E-state index in [4.69, 9.17) is 5.11 Å². The molecule has 1 aromatic heterocycles. The molecule has 1 N–H and O–H groups in total. The van der Waals surface area contributed by atoms with Crippen LogP contribution in [-0.2, 0) is 4.79 Å². The minimum absolute atomic E-state index is 0.0158. The van der Waals surface area contributed by atoms with Gasteiger partial charge in [0.2, 0.25) is 0 Å². The SMILES string of the molecule is CCC(C)N(CC(=O)O)c1nc(C)cs1. The van der Waals surface area contributed by atoms with Crippen LogP contribution in [0.25, 0.3) is 0 Å². The van der Waals surface area contributed by atoms with E-state index in [2.05, 4.69) is 4.98 Å². The van der Waals surface area contributed by atoms with Crippen LogP contribution in [-0.4, -0.2) is 28.6 Å². The van der Waals surface area contributed by atoms with Crippen LogP contribution >= 0.6 is 11.3 Å². The minimum atomic E-state index is -0.817. The van der Waals surface area contributed by atoms with E-state index in [1.807, 2.05) is 31.1 Å². The van der Waals surface area contributed by atoms with Crippen molar-refractivity contribution in [2.45, 2.75) is 33.2 Å². The van der Waals surface area contributed by atoms with Crippen molar-refractivity contribution in [3.8, 4) is 0 Å². The normalized spacial score (nSPS) is 12.5. The molecule has 0 fully saturated rings. The van der Waals surface area contributed by atoms with Crippen molar-refractivity contribution >= 4 is 22.4 Å². The van der Waals surface area contributed by atoms with Gasteiger partial charge >= 0.3 is 5.97 Å². The monoisotopic (exact) mass is 228 g/mol. The van der Waals surface area contributed by atoms with Crippen LogP contribution in [0.3, 0.4) is 0 Å². The van der Waals surface area contributed by atoms with Crippen molar-refractivity contribution in [3.05, 3.63) is 11.1 Å². The zero-order valence-corrected chi connectivity index (χ0v) is 10.0. The molecule has 0 spiro atoms. The molecule has 15 heavy (non-hydrogen) atoms. The Labute approximate surface area is 93.6 Å². The molecular weight excluding hydrogens is 212 g/mol. The number of aryl methyl sites for hydroxylation is 1. The summed E-state index contributed by atoms with van der Waals surface area (Å²) in [6, 6.07) is 0.201. The Balaban J connectivity index is 2.85. The van der Waals surface area contributed by atoms with E-state index < -0.39 is 5.97 Å². The number of anilines is 1. The van der Waals surface area contributed by atoms with Gasteiger partial charge < -0.3 is 10.0 Å². The van der Waals surface area contributed by atoms with Gasteiger partial charge in [0, 0.05) is 11.4 Å². The lowest BCUT2D eigenvalue weighted by atomic mass is 10.2. The second-order valence-electron chi connectivity index (χ2n) is 3.55. The van der Waals surface area contributed by atoms with Crippen LogP contribution in [0.2, 0.25) is 0 Å². The van der Waals surface area contributed by atoms with Gasteiger partial charge in [-0.05, 0) is 20.3 Å². The molecule has 0 aliphatic rings. The highest BCUT2D eigenvalue weighted by Gasteiger charge is 2.18. The molecule has 84 valence electrons. The summed E-state index contributed by atoms with van der Waals surface area (Å²) in [5.41, 5.74) is 0.939. The number of rotatable bonds is 5. The summed E-state index contributed by atoms with van der Waals surface area (Å²) in [4.78, 5) is 16.9. The number of nitrogens with zero attached hydrogens (tertiary/aromatic N) is 2. The Morgan fingerprint density at radius 1 is 1.73 bits per heavy atom. The molecular formula is C10H16N2O2S. The van der Waals surface area contributed by atoms with E-state index in [-0.39, 0.29) is 12.6 Å². The van der Waals surface area contributed by atoms with Gasteiger partial charge in [-0.1, -0.05) is 6.92 Å². The number of aromatic nitrogens is 1. The van der Waals surface area contributed by atoms with Gasteiger partial charge in [0.05, 0.1) is 5.69 Å². The first-order valence-electron chi connectivity index (χ1n) is 4.95. The molecule has 0 aliphatic heterocycles. The van der Waals surface area contributed by atoms with Crippen LogP contribution in [0.5, 0.6) is 0 Å². The Morgan fingerprint density at radius 3 is 2.80 bits per heavy atom. The molecule has 5 heteroatoms. The Hall–Kier alpha value is -1.10. The van der Waals surface area contributed by atoms with E-state index in [0.29, 0.717) is 0 Å². The van der Waals surface area contributed by atoms with Crippen LogP contribution in [0, 0.1) is 6.92 Å². The molecule has 1 aromatic rings. The summed E-state index contributed by atoms with van der Waals surface area (Å²) in [6.07, 6.45) is 0.909. The van der Waals surface area contributed by atoms with Crippen molar-refractivity contribution < 1.29 is 9.90 Å². The van der Waals surface area contributed by atoms with Gasteiger partial charge in [-0.15, -0.1) is 11.3 Å².